The van der Waals surface area contributed by atoms with Gasteiger partial charge in [-0.2, -0.15) is 0 Å². The smallest absolute Gasteiger partial charge is 0.403 e. The lowest BCUT2D eigenvalue weighted by Crippen LogP contribution is -2.52. The highest BCUT2D eigenvalue weighted by Gasteiger charge is 2.32. The second-order valence-electron chi connectivity index (χ2n) is 6.65. The lowest BCUT2D eigenvalue weighted by atomic mass is 10.0. The fraction of sp³-hybridized carbons (Fsp3) is 0.368. The number of rotatable bonds is 4. The van der Waals surface area contributed by atoms with Crippen LogP contribution >= 0.6 is 0 Å². The summed E-state index contributed by atoms with van der Waals surface area (Å²) in [6.45, 7) is 1.88. The maximum absolute atomic E-state index is 14.4. The van der Waals surface area contributed by atoms with E-state index in [1.165, 1.54) is 19.2 Å². The molecule has 2 heterocycles. The van der Waals surface area contributed by atoms with Crippen LogP contribution in [0.4, 0.5) is 27.6 Å². The second kappa shape index (κ2) is 8.22. The van der Waals surface area contributed by atoms with E-state index in [-0.39, 0.29) is 18.0 Å². The standard InChI is InChI=1S/C19H18F5N3O2/c1-11(28)26-16-5-7-27(10-15(16)21)13-4-6-25-17(9-13)12-2-3-18(14(20)8-12)29-19(22,23)24/h2-4,6,8-9,15-16H,5,7,10H2,1H3,(H,26,28). The molecule has 2 unspecified atom stereocenters. The highest BCUT2D eigenvalue weighted by Crippen LogP contribution is 2.31. The predicted octanol–water partition coefficient (Wildman–Crippen LogP) is 3.84. The van der Waals surface area contributed by atoms with Crippen LogP contribution in [-0.4, -0.2) is 42.6 Å². The summed E-state index contributed by atoms with van der Waals surface area (Å²) in [7, 11) is 0. The number of pyridine rings is 1. The number of benzene rings is 1. The van der Waals surface area contributed by atoms with Gasteiger partial charge in [-0.3, -0.25) is 9.78 Å². The minimum Gasteiger partial charge on any atom is -0.403 e. The number of ether oxygens (including phenoxy) is 1. The first-order valence-corrected chi connectivity index (χ1v) is 8.80. The molecule has 1 fully saturated rings. The molecule has 10 heteroatoms. The molecule has 1 aromatic heterocycles. The van der Waals surface area contributed by atoms with E-state index >= 15 is 0 Å². The van der Waals surface area contributed by atoms with Crippen LogP contribution in [0.1, 0.15) is 13.3 Å². The van der Waals surface area contributed by atoms with Crippen molar-refractivity contribution in [3.8, 4) is 17.0 Å². The summed E-state index contributed by atoms with van der Waals surface area (Å²) in [5.74, 6) is -2.40. The van der Waals surface area contributed by atoms with Crippen LogP contribution in [-0.2, 0) is 4.79 Å². The van der Waals surface area contributed by atoms with Crippen molar-refractivity contribution in [2.75, 3.05) is 18.0 Å². The van der Waals surface area contributed by atoms with E-state index in [4.69, 9.17) is 0 Å². The van der Waals surface area contributed by atoms with E-state index in [2.05, 4.69) is 15.0 Å². The molecule has 1 N–H and O–H groups in total. The normalized spacial score (nSPS) is 19.7. The van der Waals surface area contributed by atoms with E-state index in [0.29, 0.717) is 24.3 Å². The summed E-state index contributed by atoms with van der Waals surface area (Å²) in [6.07, 6.45) is -4.39. The van der Waals surface area contributed by atoms with Gasteiger partial charge in [-0.25, -0.2) is 8.78 Å². The predicted molar refractivity (Wildman–Crippen MR) is 95.6 cm³/mol. The molecule has 0 spiro atoms. The van der Waals surface area contributed by atoms with Gasteiger partial charge in [0.2, 0.25) is 5.91 Å². The zero-order valence-corrected chi connectivity index (χ0v) is 15.3. The Kier molecular flexibility index (Phi) is 5.90. The zero-order chi connectivity index (χ0) is 21.2. The van der Waals surface area contributed by atoms with Crippen molar-refractivity contribution in [3.05, 3.63) is 42.3 Å². The molecule has 1 amide bonds. The first-order chi connectivity index (χ1) is 13.6. The Labute approximate surface area is 163 Å². The number of alkyl halides is 4. The molecule has 3 rings (SSSR count). The number of hydrogen-bond acceptors (Lipinski definition) is 4. The number of nitrogens with one attached hydrogen (secondary N) is 1. The van der Waals surface area contributed by atoms with E-state index in [0.717, 1.165) is 12.1 Å². The van der Waals surface area contributed by atoms with Gasteiger partial charge in [0.1, 0.15) is 6.17 Å². The zero-order valence-electron chi connectivity index (χ0n) is 15.3. The Morgan fingerprint density at radius 1 is 1.28 bits per heavy atom. The van der Waals surface area contributed by atoms with E-state index < -0.39 is 30.1 Å². The van der Waals surface area contributed by atoms with Gasteiger partial charge in [-0.05, 0) is 36.8 Å². The summed E-state index contributed by atoms with van der Waals surface area (Å²) < 4.78 is 68.8. The Bertz CT molecular complexity index is 890. The summed E-state index contributed by atoms with van der Waals surface area (Å²) in [5, 5.41) is 2.58. The summed E-state index contributed by atoms with van der Waals surface area (Å²) in [5.41, 5.74) is 1.21. The number of anilines is 1. The molecule has 0 saturated carbocycles. The number of carbonyl (C=O) groups excluding carboxylic acids is 1. The lowest BCUT2D eigenvalue weighted by Gasteiger charge is -2.36. The van der Waals surface area contributed by atoms with Gasteiger partial charge in [-0.15, -0.1) is 13.2 Å². The van der Waals surface area contributed by atoms with Gasteiger partial charge >= 0.3 is 6.36 Å². The maximum Gasteiger partial charge on any atom is 0.573 e. The molecule has 5 nitrogen and oxygen atoms in total. The van der Waals surface area contributed by atoms with Gasteiger partial charge in [0, 0.05) is 30.9 Å². The average molecular weight is 415 g/mol. The molecule has 0 bridgehead atoms. The molecule has 1 aliphatic heterocycles. The quantitative estimate of drug-likeness (QED) is 0.772. The fourth-order valence-corrected chi connectivity index (χ4v) is 3.20. The first-order valence-electron chi connectivity index (χ1n) is 8.80. The van der Waals surface area contributed by atoms with Gasteiger partial charge in [-0.1, -0.05) is 0 Å². The van der Waals surface area contributed by atoms with Crippen molar-refractivity contribution < 1.29 is 31.5 Å². The third kappa shape index (κ3) is 5.33. The van der Waals surface area contributed by atoms with Crippen molar-refractivity contribution in [1.82, 2.24) is 10.3 Å². The van der Waals surface area contributed by atoms with Crippen molar-refractivity contribution in [2.45, 2.75) is 31.9 Å². The average Bonchev–Trinajstić information content (AvgIpc) is 2.64. The molecule has 0 aliphatic carbocycles. The third-order valence-corrected chi connectivity index (χ3v) is 4.49. The first kappa shape index (κ1) is 20.8. The summed E-state index contributed by atoms with van der Waals surface area (Å²) in [4.78, 5) is 17.0. The largest absolute Gasteiger partial charge is 0.573 e. The molecule has 0 radical (unpaired) electrons. The molecule has 2 atom stereocenters. The van der Waals surface area contributed by atoms with Crippen molar-refractivity contribution in [2.24, 2.45) is 0 Å². The number of piperidine rings is 1. The Hall–Kier alpha value is -2.91. The van der Waals surface area contributed by atoms with Crippen LogP contribution in [0, 0.1) is 5.82 Å². The van der Waals surface area contributed by atoms with Gasteiger partial charge in [0.15, 0.2) is 11.6 Å². The number of amides is 1. The summed E-state index contributed by atoms with van der Waals surface area (Å²) >= 11 is 0. The van der Waals surface area contributed by atoms with Crippen molar-refractivity contribution >= 4 is 11.6 Å². The number of carbonyl (C=O) groups is 1. The van der Waals surface area contributed by atoms with E-state index in [1.807, 2.05) is 0 Å². The number of aromatic nitrogens is 1. The van der Waals surface area contributed by atoms with Gasteiger partial charge in [0.25, 0.3) is 0 Å². The molecule has 1 aromatic carbocycles. The van der Waals surface area contributed by atoms with E-state index in [9.17, 15) is 26.7 Å². The van der Waals surface area contributed by atoms with Crippen molar-refractivity contribution in [1.29, 1.82) is 0 Å². The van der Waals surface area contributed by atoms with Crippen LogP contribution in [0.2, 0.25) is 0 Å². The van der Waals surface area contributed by atoms with Gasteiger partial charge in [0.05, 0.1) is 18.3 Å². The summed E-state index contributed by atoms with van der Waals surface area (Å²) in [6, 6.07) is 5.74. The Morgan fingerprint density at radius 3 is 2.66 bits per heavy atom. The van der Waals surface area contributed by atoms with Crippen LogP contribution in [0.25, 0.3) is 11.3 Å². The molecular weight excluding hydrogens is 397 g/mol. The molecule has 2 aromatic rings. The van der Waals surface area contributed by atoms with Gasteiger partial charge < -0.3 is 15.0 Å². The molecule has 29 heavy (non-hydrogen) atoms. The van der Waals surface area contributed by atoms with Crippen LogP contribution in [0.5, 0.6) is 5.75 Å². The van der Waals surface area contributed by atoms with Crippen LogP contribution < -0.4 is 15.0 Å². The topological polar surface area (TPSA) is 54.5 Å². The minimum atomic E-state index is -4.99. The molecular formula is C19H18F5N3O2. The number of halogens is 5. The highest BCUT2D eigenvalue weighted by atomic mass is 19.4. The number of nitrogens with zero attached hydrogens (tertiary/aromatic N) is 2. The second-order valence-corrected chi connectivity index (χ2v) is 6.65. The van der Waals surface area contributed by atoms with Crippen LogP contribution in [0.15, 0.2) is 36.5 Å². The maximum atomic E-state index is 14.4. The Morgan fingerprint density at radius 2 is 2.03 bits per heavy atom. The Balaban J connectivity index is 1.77. The fourth-order valence-electron chi connectivity index (χ4n) is 3.20. The lowest BCUT2D eigenvalue weighted by molar-refractivity contribution is -0.275. The third-order valence-electron chi connectivity index (χ3n) is 4.49. The number of hydrogen-bond donors (Lipinski definition) is 1. The molecule has 156 valence electrons. The van der Waals surface area contributed by atoms with Crippen LogP contribution in [0.3, 0.4) is 0 Å². The molecule has 1 aliphatic rings. The van der Waals surface area contributed by atoms with Crippen molar-refractivity contribution in [3.63, 3.8) is 0 Å². The molecule has 1 saturated heterocycles. The minimum absolute atomic E-state index is 0.0567. The SMILES string of the molecule is CC(=O)NC1CCN(c2ccnc(-c3ccc(OC(F)(F)F)c(F)c3)c2)CC1F. The van der Waals surface area contributed by atoms with E-state index in [1.54, 1.807) is 17.0 Å². The monoisotopic (exact) mass is 415 g/mol. The highest BCUT2D eigenvalue weighted by molar-refractivity contribution is 5.73.